The van der Waals surface area contributed by atoms with E-state index in [1.807, 2.05) is 30.3 Å². The van der Waals surface area contributed by atoms with E-state index in [4.69, 9.17) is 4.74 Å². The summed E-state index contributed by atoms with van der Waals surface area (Å²) in [6.45, 7) is 4.52. The van der Waals surface area contributed by atoms with Crippen LogP contribution in [0.2, 0.25) is 0 Å². The molecule has 0 aliphatic rings. The maximum atomic E-state index is 12.4. The van der Waals surface area contributed by atoms with Gasteiger partial charge in [0.05, 0.1) is 12.0 Å². The van der Waals surface area contributed by atoms with Crippen molar-refractivity contribution in [2.24, 2.45) is 5.92 Å². The van der Waals surface area contributed by atoms with Crippen LogP contribution < -0.4 is 15.4 Å². The molecule has 26 heavy (non-hydrogen) atoms. The zero-order valence-electron chi connectivity index (χ0n) is 15.1. The van der Waals surface area contributed by atoms with Gasteiger partial charge in [-0.1, -0.05) is 32.0 Å². The number of rotatable bonds is 8. The van der Waals surface area contributed by atoms with Gasteiger partial charge < -0.3 is 15.4 Å². The lowest BCUT2D eigenvalue weighted by atomic mass is 10.0. The SMILES string of the molecule is COc1ccc(C(=O)NCC(Nc2ccccc2)C(C)C)cc1[N+](=O)[O-]. The monoisotopic (exact) mass is 357 g/mol. The lowest BCUT2D eigenvalue weighted by Crippen LogP contribution is -2.39. The number of methoxy groups -OCH3 is 1. The van der Waals surface area contributed by atoms with E-state index in [-0.39, 0.29) is 34.9 Å². The van der Waals surface area contributed by atoms with Crippen LogP contribution in [-0.4, -0.2) is 30.5 Å². The van der Waals surface area contributed by atoms with Crippen molar-refractivity contribution >= 4 is 17.3 Å². The molecule has 2 aromatic rings. The largest absolute Gasteiger partial charge is 0.490 e. The standard InChI is InChI=1S/C19H23N3O4/c1-13(2)16(21-15-7-5-4-6-8-15)12-20-19(23)14-9-10-18(26-3)17(11-14)22(24)25/h4-11,13,16,21H,12H2,1-3H3,(H,20,23). The normalized spacial score (nSPS) is 11.7. The third-order valence-electron chi connectivity index (χ3n) is 4.05. The molecule has 7 heteroatoms. The number of benzene rings is 2. The highest BCUT2D eigenvalue weighted by atomic mass is 16.6. The first-order valence-electron chi connectivity index (χ1n) is 8.34. The molecule has 0 heterocycles. The maximum absolute atomic E-state index is 12.4. The zero-order chi connectivity index (χ0) is 19.1. The fraction of sp³-hybridized carbons (Fsp3) is 0.316. The number of carbonyl (C=O) groups is 1. The summed E-state index contributed by atoms with van der Waals surface area (Å²) >= 11 is 0. The second-order valence-electron chi connectivity index (χ2n) is 6.21. The number of hydrogen-bond acceptors (Lipinski definition) is 5. The third-order valence-corrected chi connectivity index (χ3v) is 4.05. The van der Waals surface area contributed by atoms with Crippen molar-refractivity contribution < 1.29 is 14.5 Å². The van der Waals surface area contributed by atoms with Gasteiger partial charge in [-0.25, -0.2) is 0 Å². The Morgan fingerprint density at radius 2 is 1.88 bits per heavy atom. The van der Waals surface area contributed by atoms with E-state index < -0.39 is 4.92 Å². The first kappa shape index (κ1) is 19.2. The molecule has 138 valence electrons. The molecule has 0 saturated heterocycles. The molecule has 2 rings (SSSR count). The number of amides is 1. The zero-order valence-corrected chi connectivity index (χ0v) is 15.1. The van der Waals surface area contributed by atoms with E-state index >= 15 is 0 Å². The number of nitrogens with one attached hydrogen (secondary N) is 2. The number of anilines is 1. The minimum Gasteiger partial charge on any atom is -0.490 e. The molecular formula is C19H23N3O4. The van der Waals surface area contributed by atoms with Crippen molar-refractivity contribution in [2.75, 3.05) is 19.0 Å². The molecule has 0 aromatic heterocycles. The van der Waals surface area contributed by atoms with Gasteiger partial charge in [-0.2, -0.15) is 0 Å². The van der Waals surface area contributed by atoms with Crippen molar-refractivity contribution in [2.45, 2.75) is 19.9 Å². The van der Waals surface area contributed by atoms with Crippen LogP contribution in [0.25, 0.3) is 0 Å². The molecule has 0 fully saturated rings. The predicted octanol–water partition coefficient (Wildman–Crippen LogP) is 3.47. The molecular weight excluding hydrogens is 334 g/mol. The fourth-order valence-corrected chi connectivity index (χ4v) is 2.48. The molecule has 0 radical (unpaired) electrons. The van der Waals surface area contributed by atoms with E-state index in [1.54, 1.807) is 0 Å². The lowest BCUT2D eigenvalue weighted by molar-refractivity contribution is -0.385. The Labute approximate surface area is 152 Å². The predicted molar refractivity (Wildman–Crippen MR) is 101 cm³/mol. The number of ether oxygens (including phenoxy) is 1. The van der Waals surface area contributed by atoms with Gasteiger partial charge in [0.25, 0.3) is 5.91 Å². The first-order valence-corrected chi connectivity index (χ1v) is 8.34. The van der Waals surface area contributed by atoms with Gasteiger partial charge in [-0.15, -0.1) is 0 Å². The Hall–Kier alpha value is -3.09. The maximum Gasteiger partial charge on any atom is 0.311 e. The summed E-state index contributed by atoms with van der Waals surface area (Å²) in [6, 6.07) is 13.9. The minimum atomic E-state index is -0.566. The summed E-state index contributed by atoms with van der Waals surface area (Å²) in [5, 5.41) is 17.3. The summed E-state index contributed by atoms with van der Waals surface area (Å²) in [4.78, 5) is 22.9. The number of carbonyl (C=O) groups excluding carboxylic acids is 1. The summed E-state index contributed by atoms with van der Waals surface area (Å²) in [6.07, 6.45) is 0. The molecule has 1 unspecified atom stereocenters. The Morgan fingerprint density at radius 3 is 2.46 bits per heavy atom. The quantitative estimate of drug-likeness (QED) is 0.557. The van der Waals surface area contributed by atoms with Crippen LogP contribution in [-0.2, 0) is 0 Å². The third kappa shape index (κ3) is 4.95. The average molecular weight is 357 g/mol. The van der Waals surface area contributed by atoms with Gasteiger partial charge in [0, 0.05) is 29.9 Å². The van der Waals surface area contributed by atoms with E-state index in [9.17, 15) is 14.9 Å². The highest BCUT2D eigenvalue weighted by molar-refractivity contribution is 5.95. The van der Waals surface area contributed by atoms with Crippen LogP contribution in [0.3, 0.4) is 0 Å². The van der Waals surface area contributed by atoms with Crippen molar-refractivity contribution in [3.63, 3.8) is 0 Å². The molecule has 1 amide bonds. The molecule has 0 aliphatic heterocycles. The lowest BCUT2D eigenvalue weighted by Gasteiger charge is -2.24. The molecule has 1 atom stereocenters. The number of nitro benzene ring substituents is 1. The van der Waals surface area contributed by atoms with Gasteiger partial charge in [0.15, 0.2) is 5.75 Å². The Kier molecular flexibility index (Phi) is 6.54. The number of hydrogen-bond donors (Lipinski definition) is 2. The average Bonchev–Trinajstić information content (AvgIpc) is 2.64. The van der Waals surface area contributed by atoms with Gasteiger partial charge in [-0.05, 0) is 30.2 Å². The van der Waals surface area contributed by atoms with Crippen LogP contribution in [0.15, 0.2) is 48.5 Å². The van der Waals surface area contributed by atoms with Gasteiger partial charge in [0.1, 0.15) is 0 Å². The summed E-state index contributed by atoms with van der Waals surface area (Å²) in [5.41, 5.74) is 0.961. The molecule has 0 saturated carbocycles. The molecule has 0 bridgehead atoms. The summed E-state index contributed by atoms with van der Waals surface area (Å²) < 4.78 is 4.95. The van der Waals surface area contributed by atoms with Gasteiger partial charge >= 0.3 is 5.69 Å². The van der Waals surface area contributed by atoms with E-state index in [1.165, 1.54) is 25.3 Å². The van der Waals surface area contributed by atoms with Crippen molar-refractivity contribution in [1.82, 2.24) is 5.32 Å². The number of nitrogens with zero attached hydrogens (tertiary/aromatic N) is 1. The van der Waals surface area contributed by atoms with Crippen LogP contribution in [0.4, 0.5) is 11.4 Å². The Balaban J connectivity index is 2.06. The summed E-state index contributed by atoms with van der Waals surface area (Å²) in [7, 11) is 1.35. The second-order valence-corrected chi connectivity index (χ2v) is 6.21. The molecule has 0 aliphatic carbocycles. The van der Waals surface area contributed by atoms with Crippen LogP contribution in [0.1, 0.15) is 24.2 Å². The molecule has 7 nitrogen and oxygen atoms in total. The van der Waals surface area contributed by atoms with Crippen molar-refractivity contribution in [1.29, 1.82) is 0 Å². The van der Waals surface area contributed by atoms with Crippen molar-refractivity contribution in [3.8, 4) is 5.75 Å². The van der Waals surface area contributed by atoms with Crippen LogP contribution in [0.5, 0.6) is 5.75 Å². The topological polar surface area (TPSA) is 93.5 Å². The number of nitro groups is 1. The van der Waals surface area contributed by atoms with Crippen LogP contribution >= 0.6 is 0 Å². The summed E-state index contributed by atoms with van der Waals surface area (Å²) in [5.74, 6) is 0.0364. The highest BCUT2D eigenvalue weighted by Gasteiger charge is 2.19. The second kappa shape index (κ2) is 8.84. The van der Waals surface area contributed by atoms with Crippen molar-refractivity contribution in [3.05, 3.63) is 64.2 Å². The molecule has 0 spiro atoms. The minimum absolute atomic E-state index is 0.0228. The molecule has 2 N–H and O–H groups in total. The van der Waals surface area contributed by atoms with Gasteiger partial charge in [-0.3, -0.25) is 14.9 Å². The van der Waals surface area contributed by atoms with E-state index in [0.717, 1.165) is 5.69 Å². The Bertz CT molecular complexity index is 763. The number of para-hydroxylation sites is 1. The fourth-order valence-electron chi connectivity index (χ4n) is 2.48. The first-order chi connectivity index (χ1) is 12.4. The highest BCUT2D eigenvalue weighted by Crippen LogP contribution is 2.27. The van der Waals surface area contributed by atoms with E-state index in [2.05, 4.69) is 24.5 Å². The van der Waals surface area contributed by atoms with Crippen LogP contribution in [0, 0.1) is 16.0 Å². The molecule has 2 aromatic carbocycles. The van der Waals surface area contributed by atoms with E-state index in [0.29, 0.717) is 6.54 Å². The smallest absolute Gasteiger partial charge is 0.311 e. The Morgan fingerprint density at radius 1 is 1.19 bits per heavy atom. The van der Waals surface area contributed by atoms with Gasteiger partial charge in [0.2, 0.25) is 0 Å².